The number of benzene rings is 8. The molecule has 0 aliphatic heterocycles. The molecule has 2 aliphatic rings. The van der Waals surface area contributed by atoms with Crippen molar-refractivity contribution in [3.8, 4) is 0 Å². The van der Waals surface area contributed by atoms with Crippen molar-refractivity contribution >= 4 is 64.6 Å². The highest BCUT2D eigenvalue weighted by atomic mass is 14.5. The Bertz CT molecular complexity index is 2020. The zero-order chi connectivity index (χ0) is 23.9. The molecule has 0 atom stereocenters. The maximum Gasteiger partial charge on any atom is 0.0726 e. The second-order valence-corrected chi connectivity index (χ2v) is 10.8. The van der Waals surface area contributed by atoms with Gasteiger partial charge in [-0.15, -0.1) is 0 Å². The van der Waals surface area contributed by atoms with Crippen LogP contribution in [0, 0.1) is 0 Å². The van der Waals surface area contributed by atoms with Gasteiger partial charge in [-0.2, -0.15) is 0 Å². The zero-order valence-electron chi connectivity index (χ0n) is 20.0. The fraction of sp³-hybridized carbons (Fsp3) is 0.0270. The van der Waals surface area contributed by atoms with Crippen molar-refractivity contribution in [2.24, 2.45) is 0 Å². The maximum absolute atomic E-state index is 2.40. The number of hydrogen-bond acceptors (Lipinski definition) is 0. The predicted molar refractivity (Wildman–Crippen MR) is 157 cm³/mol. The third kappa shape index (κ3) is 1.83. The topological polar surface area (TPSA) is 0 Å². The molecule has 1 spiro atoms. The average Bonchev–Trinajstić information content (AvgIpc) is 3.45. The van der Waals surface area contributed by atoms with Crippen LogP contribution in [0.2, 0.25) is 0 Å². The molecule has 37 heavy (non-hydrogen) atoms. The molecule has 0 radical (unpaired) electrons. The second-order valence-electron chi connectivity index (χ2n) is 10.8. The molecule has 0 nitrogen and oxygen atoms in total. The molecule has 168 valence electrons. The Kier molecular flexibility index (Phi) is 3.01. The molecule has 0 heterocycles. The summed E-state index contributed by atoms with van der Waals surface area (Å²) in [4.78, 5) is 0. The van der Waals surface area contributed by atoms with E-state index in [0.29, 0.717) is 0 Å². The molecule has 8 aromatic rings. The summed E-state index contributed by atoms with van der Waals surface area (Å²) in [6.07, 6.45) is 0. The maximum atomic E-state index is 2.40. The SMILES string of the molecule is c1ccc2c(c1)c1cccc3c1c1c(cccc21)C31c2cccc3c4ccccc4c4cccc1c4c23. The molecule has 0 aromatic heterocycles. The van der Waals surface area contributed by atoms with Crippen LogP contribution in [0.1, 0.15) is 22.3 Å². The number of hydrogen-bond donors (Lipinski definition) is 0. The molecule has 0 saturated carbocycles. The van der Waals surface area contributed by atoms with Gasteiger partial charge in [-0.3, -0.25) is 0 Å². The van der Waals surface area contributed by atoms with Crippen molar-refractivity contribution in [2.75, 3.05) is 0 Å². The Balaban J connectivity index is 1.54. The van der Waals surface area contributed by atoms with Gasteiger partial charge < -0.3 is 0 Å². The van der Waals surface area contributed by atoms with Crippen molar-refractivity contribution in [3.05, 3.63) is 144 Å². The van der Waals surface area contributed by atoms with Gasteiger partial charge in [0.2, 0.25) is 0 Å². The molecule has 2 aliphatic carbocycles. The van der Waals surface area contributed by atoms with Crippen molar-refractivity contribution in [3.63, 3.8) is 0 Å². The van der Waals surface area contributed by atoms with Crippen molar-refractivity contribution in [1.29, 1.82) is 0 Å². The summed E-state index contributed by atoms with van der Waals surface area (Å²) in [6.45, 7) is 0. The third-order valence-electron chi connectivity index (χ3n) is 9.39. The van der Waals surface area contributed by atoms with E-state index in [1.54, 1.807) is 0 Å². The van der Waals surface area contributed by atoms with Crippen molar-refractivity contribution in [1.82, 2.24) is 0 Å². The standard InChI is InChI=1S/C37H20/c1-2-10-22-21(9-1)25-13-5-17-29-33(25)34-26(22)14-6-18-30(34)37(29)31-19-7-15-27-23-11-3-4-12-24(23)28-16-8-20-32(37)36(28)35(27)31/h1-20H. The van der Waals surface area contributed by atoms with E-state index >= 15 is 0 Å². The minimum absolute atomic E-state index is 0.308. The van der Waals surface area contributed by atoms with E-state index in [4.69, 9.17) is 0 Å². The van der Waals surface area contributed by atoms with E-state index in [0.717, 1.165) is 0 Å². The van der Waals surface area contributed by atoms with Gasteiger partial charge in [0.15, 0.2) is 0 Å². The Labute approximate surface area is 213 Å². The highest BCUT2D eigenvalue weighted by molar-refractivity contribution is 6.33. The highest BCUT2D eigenvalue weighted by Crippen LogP contribution is 2.63. The largest absolute Gasteiger partial charge is 0.0726 e. The normalized spacial score (nSPS) is 14.7. The van der Waals surface area contributed by atoms with Gasteiger partial charge in [-0.25, -0.2) is 0 Å². The number of fused-ring (bicyclic) bond motifs is 10. The van der Waals surface area contributed by atoms with E-state index in [-0.39, 0.29) is 5.41 Å². The Morgan fingerprint density at radius 1 is 0.243 bits per heavy atom. The molecule has 0 N–H and O–H groups in total. The Morgan fingerprint density at radius 3 is 0.757 bits per heavy atom. The van der Waals surface area contributed by atoms with Crippen LogP contribution in [0.25, 0.3) is 64.6 Å². The smallest absolute Gasteiger partial charge is 0.0616 e. The fourth-order valence-corrected chi connectivity index (χ4v) is 8.21. The Hall–Kier alpha value is -4.68. The molecular weight excluding hydrogens is 444 g/mol. The highest BCUT2D eigenvalue weighted by Gasteiger charge is 2.50. The minimum atomic E-state index is -0.308. The minimum Gasteiger partial charge on any atom is -0.0616 e. The lowest BCUT2D eigenvalue weighted by molar-refractivity contribution is 0.800. The summed E-state index contributed by atoms with van der Waals surface area (Å²) in [5, 5.41) is 16.6. The van der Waals surface area contributed by atoms with Crippen LogP contribution in [0.4, 0.5) is 0 Å². The second kappa shape index (κ2) is 5.99. The summed E-state index contributed by atoms with van der Waals surface area (Å²) < 4.78 is 0. The van der Waals surface area contributed by atoms with E-state index in [1.807, 2.05) is 0 Å². The van der Waals surface area contributed by atoms with E-state index in [1.165, 1.54) is 86.9 Å². The van der Waals surface area contributed by atoms with E-state index in [2.05, 4.69) is 121 Å². The summed E-state index contributed by atoms with van der Waals surface area (Å²) in [5.41, 5.74) is 5.42. The zero-order valence-corrected chi connectivity index (χ0v) is 20.0. The molecule has 0 saturated heterocycles. The lowest BCUT2D eigenvalue weighted by Gasteiger charge is -2.31. The molecule has 0 amide bonds. The fourth-order valence-electron chi connectivity index (χ4n) is 8.21. The van der Waals surface area contributed by atoms with Crippen molar-refractivity contribution < 1.29 is 0 Å². The predicted octanol–water partition coefficient (Wildman–Crippen LogP) is 9.62. The molecule has 8 aromatic carbocycles. The van der Waals surface area contributed by atoms with Gasteiger partial charge in [0, 0.05) is 0 Å². The van der Waals surface area contributed by atoms with Gasteiger partial charge in [-0.1, -0.05) is 121 Å². The van der Waals surface area contributed by atoms with E-state index in [9.17, 15) is 0 Å². The van der Waals surface area contributed by atoms with Crippen LogP contribution >= 0.6 is 0 Å². The molecule has 0 unspecified atom stereocenters. The van der Waals surface area contributed by atoms with Crippen LogP contribution in [-0.2, 0) is 5.41 Å². The molecule has 0 bridgehead atoms. The van der Waals surface area contributed by atoms with Crippen LogP contribution < -0.4 is 0 Å². The molecular formula is C37H20. The summed E-state index contributed by atoms with van der Waals surface area (Å²) in [6, 6.07) is 45.9. The lowest BCUT2D eigenvalue weighted by Crippen LogP contribution is -2.26. The van der Waals surface area contributed by atoms with Crippen molar-refractivity contribution in [2.45, 2.75) is 5.41 Å². The van der Waals surface area contributed by atoms with Gasteiger partial charge in [0.05, 0.1) is 5.41 Å². The lowest BCUT2D eigenvalue weighted by atomic mass is 9.69. The molecule has 0 fully saturated rings. The van der Waals surface area contributed by atoms with Crippen LogP contribution in [-0.4, -0.2) is 0 Å². The number of rotatable bonds is 0. The monoisotopic (exact) mass is 464 g/mol. The van der Waals surface area contributed by atoms with Crippen LogP contribution in [0.3, 0.4) is 0 Å². The Morgan fingerprint density at radius 2 is 0.486 bits per heavy atom. The van der Waals surface area contributed by atoms with Crippen LogP contribution in [0.5, 0.6) is 0 Å². The first-order valence-electron chi connectivity index (χ1n) is 13.1. The quantitative estimate of drug-likeness (QED) is 0.196. The van der Waals surface area contributed by atoms with Gasteiger partial charge in [0.1, 0.15) is 0 Å². The summed E-state index contributed by atoms with van der Waals surface area (Å²) in [5.74, 6) is 0. The summed E-state index contributed by atoms with van der Waals surface area (Å²) in [7, 11) is 0. The summed E-state index contributed by atoms with van der Waals surface area (Å²) >= 11 is 0. The molecule has 10 rings (SSSR count). The molecule has 0 heteroatoms. The van der Waals surface area contributed by atoms with E-state index < -0.39 is 0 Å². The third-order valence-corrected chi connectivity index (χ3v) is 9.39. The van der Waals surface area contributed by atoms with Gasteiger partial charge >= 0.3 is 0 Å². The average molecular weight is 465 g/mol. The first kappa shape index (κ1) is 18.6. The van der Waals surface area contributed by atoms with Gasteiger partial charge in [0.25, 0.3) is 0 Å². The van der Waals surface area contributed by atoms with Crippen LogP contribution in [0.15, 0.2) is 121 Å². The van der Waals surface area contributed by atoms with Gasteiger partial charge in [-0.05, 0) is 86.9 Å². The first-order valence-corrected chi connectivity index (χ1v) is 13.1. The first-order chi connectivity index (χ1) is 18.4.